The minimum atomic E-state index is -0.0337. The van der Waals surface area contributed by atoms with E-state index >= 15 is 0 Å². The van der Waals surface area contributed by atoms with Crippen molar-refractivity contribution in [3.05, 3.63) is 47.0 Å². The number of benzene rings is 2. The maximum absolute atomic E-state index is 6.12. The second-order valence-corrected chi connectivity index (χ2v) is 3.88. The van der Waals surface area contributed by atoms with Gasteiger partial charge in [-0.05, 0) is 29.3 Å². The molecule has 0 aromatic heterocycles. The van der Waals surface area contributed by atoms with Crippen LogP contribution in [0.4, 0.5) is 0 Å². The average molecular weight is 206 g/mol. The maximum atomic E-state index is 6.12. The Kier molecular flexibility index (Phi) is 2.44. The predicted octanol–water partition coefficient (Wildman–Crippen LogP) is 3.51. The largest absolute Gasteiger partial charge is 0.324 e. The fourth-order valence-electron chi connectivity index (χ4n) is 1.73. The van der Waals surface area contributed by atoms with Gasteiger partial charge in [-0.15, -0.1) is 0 Å². The van der Waals surface area contributed by atoms with E-state index in [9.17, 15) is 0 Å². The molecule has 2 N–H and O–H groups in total. The van der Waals surface area contributed by atoms with E-state index in [4.69, 9.17) is 17.3 Å². The van der Waals surface area contributed by atoms with Crippen LogP contribution in [0.5, 0.6) is 0 Å². The Balaban J connectivity index is 2.83. The molecule has 1 unspecified atom stereocenters. The molecule has 0 saturated heterocycles. The van der Waals surface area contributed by atoms with Crippen LogP contribution in [0.2, 0.25) is 5.02 Å². The van der Waals surface area contributed by atoms with Gasteiger partial charge in [-0.1, -0.05) is 41.9 Å². The van der Waals surface area contributed by atoms with Gasteiger partial charge in [-0.3, -0.25) is 0 Å². The van der Waals surface area contributed by atoms with Crippen LogP contribution in [0.1, 0.15) is 18.5 Å². The Hall–Kier alpha value is -1.05. The molecule has 0 radical (unpaired) electrons. The Morgan fingerprint density at radius 1 is 1.14 bits per heavy atom. The highest BCUT2D eigenvalue weighted by atomic mass is 35.5. The van der Waals surface area contributed by atoms with Crippen molar-refractivity contribution in [2.45, 2.75) is 13.0 Å². The smallest absolute Gasteiger partial charge is 0.0460 e. The summed E-state index contributed by atoms with van der Waals surface area (Å²) in [7, 11) is 0. The summed E-state index contributed by atoms with van der Waals surface area (Å²) < 4.78 is 0. The molecule has 1 atom stereocenters. The normalized spacial score (nSPS) is 13.1. The van der Waals surface area contributed by atoms with Gasteiger partial charge >= 0.3 is 0 Å². The van der Waals surface area contributed by atoms with Crippen molar-refractivity contribution >= 4 is 22.4 Å². The zero-order chi connectivity index (χ0) is 10.1. The summed E-state index contributed by atoms with van der Waals surface area (Å²) in [6.45, 7) is 1.95. The number of halogens is 1. The summed E-state index contributed by atoms with van der Waals surface area (Å²) in [6, 6.07) is 12.0. The van der Waals surface area contributed by atoms with Crippen LogP contribution in [0.15, 0.2) is 36.4 Å². The molecule has 0 fully saturated rings. The molecule has 2 aromatic rings. The molecule has 0 aliphatic carbocycles. The van der Waals surface area contributed by atoms with Crippen LogP contribution in [0, 0.1) is 0 Å². The van der Waals surface area contributed by atoms with Crippen LogP contribution >= 0.6 is 11.6 Å². The summed E-state index contributed by atoms with van der Waals surface area (Å²) >= 11 is 6.12. The summed E-state index contributed by atoms with van der Waals surface area (Å²) in [5.41, 5.74) is 6.93. The molecule has 0 saturated carbocycles. The van der Waals surface area contributed by atoms with Gasteiger partial charge in [0.1, 0.15) is 0 Å². The first-order valence-corrected chi connectivity index (χ1v) is 5.00. The highest BCUT2D eigenvalue weighted by Gasteiger charge is 2.08. The van der Waals surface area contributed by atoms with E-state index < -0.39 is 0 Å². The molecule has 0 aliphatic rings. The van der Waals surface area contributed by atoms with Gasteiger partial charge in [0.05, 0.1) is 0 Å². The van der Waals surface area contributed by atoms with Gasteiger partial charge in [-0.2, -0.15) is 0 Å². The van der Waals surface area contributed by atoms with Gasteiger partial charge in [0.25, 0.3) is 0 Å². The van der Waals surface area contributed by atoms with Crippen LogP contribution in [-0.2, 0) is 0 Å². The van der Waals surface area contributed by atoms with Crippen LogP contribution < -0.4 is 5.73 Å². The Labute approximate surface area is 88.5 Å². The summed E-state index contributed by atoms with van der Waals surface area (Å²) in [6.07, 6.45) is 0. The number of rotatable bonds is 1. The minimum Gasteiger partial charge on any atom is -0.324 e. The lowest BCUT2D eigenvalue weighted by molar-refractivity contribution is 0.827. The Morgan fingerprint density at radius 2 is 1.86 bits per heavy atom. The fourth-order valence-corrected chi connectivity index (χ4v) is 2.07. The van der Waals surface area contributed by atoms with E-state index in [1.807, 2.05) is 31.2 Å². The lowest BCUT2D eigenvalue weighted by atomic mass is 10.0. The molecule has 2 heteroatoms. The summed E-state index contributed by atoms with van der Waals surface area (Å²) in [4.78, 5) is 0. The monoisotopic (exact) mass is 205 g/mol. The van der Waals surface area contributed by atoms with Crippen molar-refractivity contribution in [2.24, 2.45) is 5.73 Å². The minimum absolute atomic E-state index is 0.0337. The number of nitrogens with two attached hydrogens (primary N) is 1. The molecule has 0 amide bonds. The number of hydrogen-bond donors (Lipinski definition) is 1. The van der Waals surface area contributed by atoms with Crippen LogP contribution in [0.25, 0.3) is 10.8 Å². The Bertz CT molecular complexity index is 463. The third-order valence-corrected chi connectivity index (χ3v) is 2.70. The molecule has 0 heterocycles. The Morgan fingerprint density at radius 3 is 2.57 bits per heavy atom. The molecule has 0 bridgehead atoms. The molecular formula is C12H12ClN. The molecule has 0 aliphatic heterocycles. The van der Waals surface area contributed by atoms with Gasteiger partial charge in [-0.25, -0.2) is 0 Å². The van der Waals surface area contributed by atoms with Gasteiger partial charge in [0, 0.05) is 11.1 Å². The van der Waals surface area contributed by atoms with Crippen molar-refractivity contribution in [2.75, 3.05) is 0 Å². The van der Waals surface area contributed by atoms with Gasteiger partial charge < -0.3 is 5.73 Å². The van der Waals surface area contributed by atoms with Crippen molar-refractivity contribution in [3.8, 4) is 0 Å². The highest BCUT2D eigenvalue weighted by Crippen LogP contribution is 2.29. The van der Waals surface area contributed by atoms with Gasteiger partial charge in [0.15, 0.2) is 0 Å². The standard InChI is InChI=1S/C12H12ClN/c1-8(14)12-10-5-3-2-4-9(10)6-7-11(12)13/h2-8H,14H2,1H3. The third-order valence-electron chi connectivity index (χ3n) is 2.37. The number of hydrogen-bond acceptors (Lipinski definition) is 1. The topological polar surface area (TPSA) is 26.0 Å². The van der Waals surface area contributed by atoms with E-state index in [0.29, 0.717) is 0 Å². The lowest BCUT2D eigenvalue weighted by Gasteiger charge is -2.11. The zero-order valence-electron chi connectivity index (χ0n) is 8.00. The first kappa shape index (κ1) is 9.50. The summed E-state index contributed by atoms with van der Waals surface area (Å²) in [5, 5.41) is 3.08. The fraction of sp³-hybridized carbons (Fsp3) is 0.167. The first-order chi connectivity index (χ1) is 6.70. The van der Waals surface area contributed by atoms with E-state index in [1.54, 1.807) is 0 Å². The molecule has 14 heavy (non-hydrogen) atoms. The van der Waals surface area contributed by atoms with Crippen LogP contribution in [-0.4, -0.2) is 0 Å². The van der Waals surface area contributed by atoms with E-state index in [2.05, 4.69) is 12.1 Å². The van der Waals surface area contributed by atoms with Crippen molar-refractivity contribution in [1.29, 1.82) is 0 Å². The first-order valence-electron chi connectivity index (χ1n) is 4.63. The molecule has 2 rings (SSSR count). The van der Waals surface area contributed by atoms with Gasteiger partial charge in [0.2, 0.25) is 0 Å². The lowest BCUT2D eigenvalue weighted by Crippen LogP contribution is -2.06. The quantitative estimate of drug-likeness (QED) is 0.758. The van der Waals surface area contributed by atoms with Crippen molar-refractivity contribution < 1.29 is 0 Å². The summed E-state index contributed by atoms with van der Waals surface area (Å²) in [5.74, 6) is 0. The SMILES string of the molecule is CC(N)c1c(Cl)ccc2ccccc12. The number of fused-ring (bicyclic) bond motifs is 1. The van der Waals surface area contributed by atoms with Crippen molar-refractivity contribution in [1.82, 2.24) is 0 Å². The van der Waals surface area contributed by atoms with E-state index in [0.717, 1.165) is 16.0 Å². The van der Waals surface area contributed by atoms with E-state index in [1.165, 1.54) is 5.39 Å². The highest BCUT2D eigenvalue weighted by molar-refractivity contribution is 6.32. The van der Waals surface area contributed by atoms with Crippen LogP contribution in [0.3, 0.4) is 0 Å². The molecule has 72 valence electrons. The second kappa shape index (κ2) is 3.60. The molecule has 0 spiro atoms. The predicted molar refractivity (Wildman–Crippen MR) is 61.6 cm³/mol. The molecule has 2 aromatic carbocycles. The maximum Gasteiger partial charge on any atom is 0.0460 e. The van der Waals surface area contributed by atoms with E-state index in [-0.39, 0.29) is 6.04 Å². The third kappa shape index (κ3) is 1.49. The second-order valence-electron chi connectivity index (χ2n) is 3.47. The zero-order valence-corrected chi connectivity index (χ0v) is 8.75. The molecular weight excluding hydrogens is 194 g/mol. The average Bonchev–Trinajstić information content (AvgIpc) is 2.17. The molecule has 1 nitrogen and oxygen atoms in total. The van der Waals surface area contributed by atoms with Crippen molar-refractivity contribution in [3.63, 3.8) is 0 Å².